The summed E-state index contributed by atoms with van der Waals surface area (Å²) in [7, 11) is 0. The highest BCUT2D eigenvalue weighted by atomic mass is 19.1. The molecule has 35 heavy (non-hydrogen) atoms. The SMILES string of the molecule is Nc1nccc(-c2c(-c3ccc(F)cc3)ncn2C2CCN(Cc3cccc4cnccc34)C2)n1. The Morgan fingerprint density at radius 1 is 1.00 bits per heavy atom. The summed E-state index contributed by atoms with van der Waals surface area (Å²) in [5, 5.41) is 2.40. The molecular weight excluding hydrogens is 441 g/mol. The van der Waals surface area contributed by atoms with Crippen LogP contribution in [0.25, 0.3) is 33.4 Å². The molecule has 3 aromatic heterocycles. The molecule has 0 spiro atoms. The molecule has 5 aromatic rings. The number of hydrogen-bond donors (Lipinski definition) is 1. The smallest absolute Gasteiger partial charge is 0.220 e. The highest BCUT2D eigenvalue weighted by Gasteiger charge is 2.28. The van der Waals surface area contributed by atoms with E-state index < -0.39 is 0 Å². The lowest BCUT2D eigenvalue weighted by atomic mass is 10.1. The highest BCUT2D eigenvalue weighted by Crippen LogP contribution is 2.35. The summed E-state index contributed by atoms with van der Waals surface area (Å²) in [5.74, 6) is -0.0736. The fourth-order valence-electron chi connectivity index (χ4n) is 4.97. The second-order valence-corrected chi connectivity index (χ2v) is 8.85. The van der Waals surface area contributed by atoms with Crippen molar-refractivity contribution >= 4 is 16.7 Å². The summed E-state index contributed by atoms with van der Waals surface area (Å²) in [4.78, 5) is 20.0. The van der Waals surface area contributed by atoms with Crippen molar-refractivity contribution in [2.45, 2.75) is 19.0 Å². The number of nitrogen functional groups attached to an aromatic ring is 1. The third-order valence-corrected chi connectivity index (χ3v) is 6.63. The Labute approximate surface area is 202 Å². The number of rotatable bonds is 5. The third kappa shape index (κ3) is 4.13. The van der Waals surface area contributed by atoms with Crippen molar-refractivity contribution in [2.24, 2.45) is 0 Å². The molecule has 1 unspecified atom stereocenters. The van der Waals surface area contributed by atoms with Gasteiger partial charge in [0.25, 0.3) is 0 Å². The van der Waals surface area contributed by atoms with Gasteiger partial charge in [0.15, 0.2) is 0 Å². The second-order valence-electron chi connectivity index (χ2n) is 8.85. The summed E-state index contributed by atoms with van der Waals surface area (Å²) < 4.78 is 15.8. The summed E-state index contributed by atoms with van der Waals surface area (Å²) in [6.45, 7) is 2.73. The van der Waals surface area contributed by atoms with Gasteiger partial charge in [0.2, 0.25) is 5.95 Å². The topological polar surface area (TPSA) is 85.8 Å². The van der Waals surface area contributed by atoms with Crippen molar-refractivity contribution in [3.63, 3.8) is 0 Å². The first kappa shape index (κ1) is 21.4. The lowest BCUT2D eigenvalue weighted by Crippen LogP contribution is -2.21. The number of anilines is 1. The number of imidazole rings is 1. The van der Waals surface area contributed by atoms with Crippen LogP contribution < -0.4 is 5.73 Å². The molecule has 1 aliphatic rings. The highest BCUT2D eigenvalue weighted by molar-refractivity contribution is 5.84. The van der Waals surface area contributed by atoms with Crippen molar-refractivity contribution in [3.05, 3.63) is 90.9 Å². The molecule has 0 saturated carbocycles. The van der Waals surface area contributed by atoms with Gasteiger partial charge in [0.05, 0.1) is 23.4 Å². The molecular formula is C27H24FN7. The fraction of sp³-hybridized carbons (Fsp3) is 0.185. The Morgan fingerprint density at radius 2 is 1.89 bits per heavy atom. The molecule has 2 N–H and O–H groups in total. The van der Waals surface area contributed by atoms with E-state index in [1.165, 1.54) is 23.1 Å². The molecule has 4 heterocycles. The lowest BCUT2D eigenvalue weighted by molar-refractivity contribution is 0.317. The van der Waals surface area contributed by atoms with E-state index in [-0.39, 0.29) is 17.8 Å². The largest absolute Gasteiger partial charge is 0.368 e. The molecule has 0 aliphatic carbocycles. The predicted molar refractivity (Wildman–Crippen MR) is 134 cm³/mol. The van der Waals surface area contributed by atoms with Gasteiger partial charge in [-0.05, 0) is 53.8 Å². The zero-order chi connectivity index (χ0) is 23.8. The van der Waals surface area contributed by atoms with Gasteiger partial charge in [0, 0.05) is 55.2 Å². The van der Waals surface area contributed by atoms with E-state index in [1.807, 2.05) is 24.8 Å². The van der Waals surface area contributed by atoms with Crippen LogP contribution >= 0.6 is 0 Å². The average molecular weight is 466 g/mol. The van der Waals surface area contributed by atoms with Crippen LogP contribution in [0.4, 0.5) is 10.3 Å². The van der Waals surface area contributed by atoms with Gasteiger partial charge in [0.1, 0.15) is 5.82 Å². The molecule has 7 nitrogen and oxygen atoms in total. The minimum absolute atomic E-state index is 0.207. The molecule has 8 heteroatoms. The fourth-order valence-corrected chi connectivity index (χ4v) is 4.97. The summed E-state index contributed by atoms with van der Waals surface area (Å²) in [6.07, 6.45) is 8.26. The maximum absolute atomic E-state index is 13.6. The first-order valence-electron chi connectivity index (χ1n) is 11.6. The number of fused-ring (bicyclic) bond motifs is 1. The molecule has 6 rings (SSSR count). The molecule has 1 aliphatic heterocycles. The first-order chi connectivity index (χ1) is 17.2. The quantitative estimate of drug-likeness (QED) is 0.404. The first-order valence-corrected chi connectivity index (χ1v) is 11.6. The van der Waals surface area contributed by atoms with Crippen LogP contribution in [0, 0.1) is 5.82 Å². The number of nitrogens with zero attached hydrogens (tertiary/aromatic N) is 6. The van der Waals surface area contributed by atoms with Gasteiger partial charge in [-0.25, -0.2) is 19.3 Å². The Morgan fingerprint density at radius 3 is 2.74 bits per heavy atom. The monoisotopic (exact) mass is 465 g/mol. The average Bonchev–Trinajstić information content (AvgIpc) is 3.52. The van der Waals surface area contributed by atoms with E-state index in [9.17, 15) is 4.39 Å². The summed E-state index contributed by atoms with van der Waals surface area (Å²) in [6, 6.07) is 16.9. The van der Waals surface area contributed by atoms with Crippen LogP contribution in [0.15, 0.2) is 79.5 Å². The summed E-state index contributed by atoms with van der Waals surface area (Å²) >= 11 is 0. The van der Waals surface area contributed by atoms with Crippen LogP contribution in [0.2, 0.25) is 0 Å². The van der Waals surface area contributed by atoms with E-state index in [2.05, 4.69) is 48.7 Å². The van der Waals surface area contributed by atoms with E-state index in [4.69, 9.17) is 10.7 Å². The minimum atomic E-state index is -0.281. The number of halogens is 1. The molecule has 2 aromatic carbocycles. The van der Waals surface area contributed by atoms with Gasteiger partial charge in [-0.3, -0.25) is 9.88 Å². The number of benzene rings is 2. The van der Waals surface area contributed by atoms with Crippen LogP contribution in [0.5, 0.6) is 0 Å². The van der Waals surface area contributed by atoms with Gasteiger partial charge in [-0.1, -0.05) is 18.2 Å². The third-order valence-electron chi connectivity index (χ3n) is 6.63. The predicted octanol–water partition coefficient (Wildman–Crippen LogP) is 4.72. The van der Waals surface area contributed by atoms with Crippen LogP contribution in [0.3, 0.4) is 0 Å². The van der Waals surface area contributed by atoms with Gasteiger partial charge in [-0.15, -0.1) is 0 Å². The van der Waals surface area contributed by atoms with Crippen LogP contribution in [-0.4, -0.2) is 42.5 Å². The van der Waals surface area contributed by atoms with Crippen molar-refractivity contribution in [1.29, 1.82) is 0 Å². The van der Waals surface area contributed by atoms with Gasteiger partial charge < -0.3 is 10.3 Å². The van der Waals surface area contributed by atoms with E-state index in [0.717, 1.165) is 48.4 Å². The number of nitrogens with two attached hydrogens (primary N) is 1. The minimum Gasteiger partial charge on any atom is -0.368 e. The molecule has 1 atom stereocenters. The Hall–Kier alpha value is -4.17. The van der Waals surface area contributed by atoms with Crippen LogP contribution in [-0.2, 0) is 6.54 Å². The number of pyridine rings is 1. The maximum atomic E-state index is 13.6. The molecule has 0 radical (unpaired) electrons. The normalized spacial score (nSPS) is 16.2. The lowest BCUT2D eigenvalue weighted by Gasteiger charge is -2.19. The molecule has 1 fully saturated rings. The zero-order valence-electron chi connectivity index (χ0n) is 19.0. The van der Waals surface area contributed by atoms with E-state index >= 15 is 0 Å². The van der Waals surface area contributed by atoms with Crippen molar-refractivity contribution < 1.29 is 4.39 Å². The van der Waals surface area contributed by atoms with E-state index in [0.29, 0.717) is 5.69 Å². The number of hydrogen-bond acceptors (Lipinski definition) is 6. The van der Waals surface area contributed by atoms with Crippen molar-refractivity contribution in [3.8, 4) is 22.6 Å². The van der Waals surface area contributed by atoms with E-state index in [1.54, 1.807) is 18.3 Å². The standard InChI is InChI=1S/C27H24FN7/c28-21-6-4-18(5-7-21)25-26(24-9-12-31-27(29)33-24)35(17-32-25)22-10-13-34(16-22)15-20-3-1-2-19-14-30-11-8-23(19)20/h1-9,11-12,14,17,22H,10,13,15-16H2,(H2,29,31,33). The Kier molecular flexibility index (Phi) is 5.42. The zero-order valence-corrected chi connectivity index (χ0v) is 19.0. The maximum Gasteiger partial charge on any atom is 0.220 e. The molecule has 0 bridgehead atoms. The number of aromatic nitrogens is 5. The van der Waals surface area contributed by atoms with Gasteiger partial charge >= 0.3 is 0 Å². The van der Waals surface area contributed by atoms with Crippen molar-refractivity contribution in [1.82, 2.24) is 29.4 Å². The van der Waals surface area contributed by atoms with Crippen LogP contribution in [0.1, 0.15) is 18.0 Å². The van der Waals surface area contributed by atoms with Gasteiger partial charge in [-0.2, -0.15) is 0 Å². The summed E-state index contributed by atoms with van der Waals surface area (Å²) in [5.41, 5.74) is 10.4. The molecule has 0 amide bonds. The Balaban J connectivity index is 1.33. The Bertz CT molecular complexity index is 1490. The van der Waals surface area contributed by atoms with Crippen molar-refractivity contribution in [2.75, 3.05) is 18.8 Å². The second kappa shape index (κ2) is 8.88. The molecule has 174 valence electrons. The number of likely N-dealkylation sites (tertiary alicyclic amines) is 1. The molecule has 1 saturated heterocycles.